The van der Waals surface area contributed by atoms with Gasteiger partial charge in [0.05, 0.1) is 0 Å². The largest absolute Gasteiger partial charge is 0.456 e. The molecule has 0 atom stereocenters. The second-order valence-electron chi connectivity index (χ2n) is 12.4. The highest BCUT2D eigenvalue weighted by molar-refractivity contribution is 6.07. The Kier molecular flexibility index (Phi) is 6.42. The molecule has 7 aromatic carbocycles. The Morgan fingerprint density at radius 2 is 0.760 bits per heavy atom. The molecule has 0 aliphatic carbocycles. The minimum absolute atomic E-state index is 0.565. The summed E-state index contributed by atoms with van der Waals surface area (Å²) in [6.45, 7) is 0. The number of nitrogens with zero attached hydrogens (tertiary/aromatic N) is 3. The highest BCUT2D eigenvalue weighted by Crippen LogP contribution is 2.39. The van der Waals surface area contributed by atoms with Crippen LogP contribution in [-0.2, 0) is 0 Å². The second-order valence-corrected chi connectivity index (χ2v) is 12.4. The summed E-state index contributed by atoms with van der Waals surface area (Å²) in [5.41, 5.74) is 10.4. The van der Waals surface area contributed by atoms with Crippen LogP contribution in [0.5, 0.6) is 0 Å². The van der Waals surface area contributed by atoms with E-state index >= 15 is 0 Å². The molecule has 0 aliphatic rings. The Hall–Kier alpha value is -6.85. The molecule has 0 N–H and O–H groups in total. The maximum atomic E-state index is 6.28. The number of aromatic nitrogens is 3. The fourth-order valence-electron chi connectivity index (χ4n) is 6.99. The Labute approximate surface area is 287 Å². The molecule has 10 rings (SSSR count). The highest BCUT2D eigenvalue weighted by Gasteiger charge is 2.19. The molecule has 3 heterocycles. The summed E-state index contributed by atoms with van der Waals surface area (Å²) >= 11 is 0. The van der Waals surface area contributed by atoms with E-state index in [9.17, 15) is 0 Å². The van der Waals surface area contributed by atoms with Gasteiger partial charge < -0.3 is 8.83 Å². The molecule has 0 spiro atoms. The number of rotatable bonds is 5. The van der Waals surface area contributed by atoms with Gasteiger partial charge in [-0.3, -0.25) is 0 Å². The number of hydrogen-bond donors (Lipinski definition) is 0. The van der Waals surface area contributed by atoms with Gasteiger partial charge in [0.15, 0.2) is 17.5 Å². The first-order valence-electron chi connectivity index (χ1n) is 16.6. The van der Waals surface area contributed by atoms with Gasteiger partial charge in [-0.2, -0.15) is 0 Å². The Balaban J connectivity index is 1.20. The van der Waals surface area contributed by atoms with Gasteiger partial charge in [-0.05, 0) is 64.7 Å². The molecular weight excluding hydrogens is 615 g/mol. The predicted octanol–water partition coefficient (Wildman–Crippen LogP) is 12.0. The van der Waals surface area contributed by atoms with E-state index in [-0.39, 0.29) is 0 Å². The number of hydrogen-bond acceptors (Lipinski definition) is 5. The zero-order chi connectivity index (χ0) is 33.0. The molecule has 0 aliphatic heterocycles. The topological polar surface area (TPSA) is 65.0 Å². The van der Waals surface area contributed by atoms with Gasteiger partial charge in [-0.25, -0.2) is 15.0 Å². The van der Waals surface area contributed by atoms with Crippen LogP contribution in [0, 0.1) is 0 Å². The lowest BCUT2D eigenvalue weighted by Crippen LogP contribution is -2.01. The van der Waals surface area contributed by atoms with Crippen molar-refractivity contribution in [3.8, 4) is 56.4 Å². The molecule has 10 aromatic rings. The van der Waals surface area contributed by atoms with Crippen LogP contribution in [-0.4, -0.2) is 15.0 Å². The predicted molar refractivity (Wildman–Crippen MR) is 202 cm³/mol. The van der Waals surface area contributed by atoms with Crippen molar-refractivity contribution in [3.63, 3.8) is 0 Å². The summed E-state index contributed by atoms with van der Waals surface area (Å²) in [6, 6.07) is 55.8. The van der Waals surface area contributed by atoms with Crippen LogP contribution in [0.4, 0.5) is 0 Å². The van der Waals surface area contributed by atoms with Gasteiger partial charge in [-0.15, -0.1) is 0 Å². The first-order chi connectivity index (χ1) is 24.8. The minimum Gasteiger partial charge on any atom is -0.456 e. The van der Waals surface area contributed by atoms with E-state index in [1.165, 1.54) is 0 Å². The van der Waals surface area contributed by atoms with Gasteiger partial charge in [0.2, 0.25) is 0 Å². The molecule has 0 radical (unpaired) electrons. The Bertz CT molecular complexity index is 2890. The van der Waals surface area contributed by atoms with Crippen LogP contribution in [0.2, 0.25) is 0 Å². The Morgan fingerprint density at radius 3 is 1.50 bits per heavy atom. The van der Waals surface area contributed by atoms with Crippen LogP contribution in [0.25, 0.3) is 100 Å². The van der Waals surface area contributed by atoms with E-state index < -0.39 is 0 Å². The van der Waals surface area contributed by atoms with Crippen molar-refractivity contribution < 1.29 is 8.83 Å². The zero-order valence-electron chi connectivity index (χ0n) is 26.7. The molecule has 0 saturated heterocycles. The van der Waals surface area contributed by atoms with Crippen molar-refractivity contribution in [1.29, 1.82) is 0 Å². The monoisotopic (exact) mass is 641 g/mol. The molecule has 50 heavy (non-hydrogen) atoms. The lowest BCUT2D eigenvalue weighted by atomic mass is 9.91. The van der Waals surface area contributed by atoms with E-state index in [1.54, 1.807) is 0 Å². The van der Waals surface area contributed by atoms with Gasteiger partial charge in [0, 0.05) is 38.2 Å². The lowest BCUT2D eigenvalue weighted by Gasteiger charge is -2.15. The first-order valence-corrected chi connectivity index (χ1v) is 16.6. The number of fused-ring (bicyclic) bond motifs is 6. The van der Waals surface area contributed by atoms with Crippen LogP contribution in [0.3, 0.4) is 0 Å². The molecule has 0 unspecified atom stereocenters. The van der Waals surface area contributed by atoms with E-state index in [0.29, 0.717) is 17.5 Å². The molecule has 234 valence electrons. The summed E-state index contributed by atoms with van der Waals surface area (Å²) in [4.78, 5) is 15.5. The molecule has 0 fully saturated rings. The van der Waals surface area contributed by atoms with Crippen LogP contribution in [0.1, 0.15) is 0 Å². The molecule has 0 saturated carbocycles. The van der Waals surface area contributed by atoms with Crippen molar-refractivity contribution in [3.05, 3.63) is 164 Å². The van der Waals surface area contributed by atoms with Gasteiger partial charge in [-0.1, -0.05) is 121 Å². The number of para-hydroxylation sites is 2. The Morgan fingerprint density at radius 1 is 0.280 bits per heavy atom. The standard InChI is InChI=1S/C45H27N3O2/c1-2-12-28(13-3-1)31-14-4-5-15-32(31)33-16-6-7-19-37(33)45-47-43(29-23-25-41-38(26-29)35-18-9-11-21-40(35)49-41)46-44(48-45)30-22-24-36-34-17-8-10-20-39(34)50-42(36)27-30/h1-27H. The third kappa shape index (κ3) is 4.67. The van der Waals surface area contributed by atoms with E-state index in [2.05, 4.69) is 97.1 Å². The van der Waals surface area contributed by atoms with E-state index in [1.807, 2.05) is 66.7 Å². The zero-order valence-corrected chi connectivity index (χ0v) is 26.7. The van der Waals surface area contributed by atoms with Gasteiger partial charge in [0.1, 0.15) is 22.3 Å². The van der Waals surface area contributed by atoms with Crippen molar-refractivity contribution >= 4 is 43.9 Å². The maximum Gasteiger partial charge on any atom is 0.164 e. The highest BCUT2D eigenvalue weighted by atomic mass is 16.3. The van der Waals surface area contributed by atoms with Crippen LogP contribution >= 0.6 is 0 Å². The van der Waals surface area contributed by atoms with Gasteiger partial charge >= 0.3 is 0 Å². The summed E-state index contributed by atoms with van der Waals surface area (Å²) in [5.74, 6) is 1.73. The molecular formula is C45H27N3O2. The summed E-state index contributed by atoms with van der Waals surface area (Å²) in [7, 11) is 0. The maximum absolute atomic E-state index is 6.28. The van der Waals surface area contributed by atoms with Crippen LogP contribution < -0.4 is 0 Å². The van der Waals surface area contributed by atoms with Crippen molar-refractivity contribution in [1.82, 2.24) is 15.0 Å². The average molecular weight is 642 g/mol. The number of benzene rings is 7. The summed E-state index contributed by atoms with van der Waals surface area (Å²) in [6.07, 6.45) is 0. The fourth-order valence-corrected chi connectivity index (χ4v) is 6.99. The van der Waals surface area contributed by atoms with E-state index in [0.717, 1.165) is 82.8 Å². The normalized spacial score (nSPS) is 11.6. The van der Waals surface area contributed by atoms with Crippen molar-refractivity contribution in [2.75, 3.05) is 0 Å². The number of furan rings is 2. The molecule has 0 amide bonds. The molecule has 5 heteroatoms. The lowest BCUT2D eigenvalue weighted by molar-refractivity contribution is 0.668. The second kappa shape index (κ2) is 11.4. The average Bonchev–Trinajstić information content (AvgIpc) is 3.76. The van der Waals surface area contributed by atoms with E-state index in [4.69, 9.17) is 23.8 Å². The van der Waals surface area contributed by atoms with Crippen molar-refractivity contribution in [2.24, 2.45) is 0 Å². The van der Waals surface area contributed by atoms with Crippen LogP contribution in [0.15, 0.2) is 173 Å². The molecule has 3 aromatic heterocycles. The summed E-state index contributed by atoms with van der Waals surface area (Å²) < 4.78 is 12.4. The third-order valence-corrected chi connectivity index (χ3v) is 9.38. The molecule has 0 bridgehead atoms. The quantitative estimate of drug-likeness (QED) is 0.187. The third-order valence-electron chi connectivity index (χ3n) is 9.38. The summed E-state index contributed by atoms with van der Waals surface area (Å²) in [5, 5.41) is 4.20. The first kappa shape index (κ1) is 28.2. The smallest absolute Gasteiger partial charge is 0.164 e. The van der Waals surface area contributed by atoms with Crippen molar-refractivity contribution in [2.45, 2.75) is 0 Å². The fraction of sp³-hybridized carbons (Fsp3) is 0. The minimum atomic E-state index is 0.565. The molecule has 5 nitrogen and oxygen atoms in total. The van der Waals surface area contributed by atoms with Gasteiger partial charge in [0.25, 0.3) is 0 Å². The SMILES string of the molecule is c1ccc(-c2ccccc2-c2ccccc2-c2nc(-c3ccc4c(c3)oc3ccccc34)nc(-c3ccc4oc5ccccc5c4c3)n2)cc1.